The lowest BCUT2D eigenvalue weighted by atomic mass is 10.0. The third-order valence-corrected chi connectivity index (χ3v) is 2.32. The van der Waals surface area contributed by atoms with E-state index >= 15 is 0 Å². The number of rotatable bonds is 2. The summed E-state index contributed by atoms with van der Waals surface area (Å²) in [7, 11) is 0. The second-order valence-electron chi connectivity index (χ2n) is 3.78. The van der Waals surface area contributed by atoms with Gasteiger partial charge in [0.15, 0.2) is 0 Å². The summed E-state index contributed by atoms with van der Waals surface area (Å²) in [4.78, 5) is 11.0. The third kappa shape index (κ3) is 1.58. The Balaban J connectivity index is 2.73. The van der Waals surface area contributed by atoms with E-state index in [4.69, 9.17) is 5.11 Å². The van der Waals surface area contributed by atoms with Crippen molar-refractivity contribution in [1.29, 1.82) is 0 Å². The van der Waals surface area contributed by atoms with Crippen molar-refractivity contribution < 1.29 is 9.90 Å². The van der Waals surface area contributed by atoms with E-state index in [0.29, 0.717) is 5.69 Å². The van der Waals surface area contributed by atoms with Crippen LogP contribution in [0.1, 0.15) is 35.8 Å². The summed E-state index contributed by atoms with van der Waals surface area (Å²) in [6, 6.07) is 5.34. The molecule has 2 aromatic rings. The lowest BCUT2D eigenvalue weighted by molar-refractivity contribution is 0.0694. The maximum Gasteiger partial charge on any atom is 0.337 e. The minimum absolute atomic E-state index is 0.0999. The highest BCUT2D eigenvalue weighted by molar-refractivity contribution is 5.90. The van der Waals surface area contributed by atoms with Crippen LogP contribution in [0.5, 0.6) is 0 Å². The molecule has 0 aliphatic rings. The Morgan fingerprint density at radius 1 is 1.53 bits per heavy atom. The number of hydrogen-bond donors (Lipinski definition) is 1. The number of hydrogen-bond acceptors (Lipinski definition) is 2. The van der Waals surface area contributed by atoms with Crippen LogP contribution in [0, 0.1) is 0 Å². The van der Waals surface area contributed by atoms with Crippen LogP contribution in [-0.4, -0.2) is 20.7 Å². The van der Waals surface area contributed by atoms with Crippen LogP contribution < -0.4 is 0 Å². The Morgan fingerprint density at radius 2 is 2.27 bits per heavy atom. The summed E-state index contributed by atoms with van der Waals surface area (Å²) in [6.45, 7) is 3.87. The molecule has 0 radical (unpaired) electrons. The van der Waals surface area contributed by atoms with Crippen molar-refractivity contribution in [2.75, 3.05) is 0 Å². The minimum atomic E-state index is -0.921. The predicted molar refractivity (Wildman–Crippen MR) is 56.2 cm³/mol. The fraction of sp³-hybridized carbons (Fsp3) is 0.273. The van der Waals surface area contributed by atoms with Gasteiger partial charge >= 0.3 is 5.97 Å². The Morgan fingerprint density at radius 3 is 2.87 bits per heavy atom. The van der Waals surface area contributed by atoms with Crippen molar-refractivity contribution in [3.8, 4) is 0 Å². The van der Waals surface area contributed by atoms with Crippen molar-refractivity contribution in [3.63, 3.8) is 0 Å². The van der Waals surface area contributed by atoms with Gasteiger partial charge in [-0.1, -0.05) is 13.8 Å². The average Bonchev–Trinajstić information content (AvgIpc) is 2.61. The predicted octanol–water partition coefficient (Wildman–Crippen LogP) is 2.16. The Bertz CT molecular complexity index is 514. The molecule has 0 fully saturated rings. The van der Waals surface area contributed by atoms with Crippen molar-refractivity contribution in [3.05, 3.63) is 35.7 Å². The molecule has 4 nitrogen and oxygen atoms in total. The van der Waals surface area contributed by atoms with E-state index in [9.17, 15) is 4.79 Å². The first-order valence-corrected chi connectivity index (χ1v) is 4.81. The van der Waals surface area contributed by atoms with E-state index in [2.05, 4.69) is 5.10 Å². The van der Waals surface area contributed by atoms with Gasteiger partial charge in [0.2, 0.25) is 0 Å². The molecule has 0 aliphatic carbocycles. The van der Waals surface area contributed by atoms with Crippen LogP contribution in [-0.2, 0) is 0 Å². The summed E-state index contributed by atoms with van der Waals surface area (Å²) in [5, 5.41) is 13.4. The van der Waals surface area contributed by atoms with Crippen molar-refractivity contribution in [1.82, 2.24) is 9.61 Å². The highest BCUT2D eigenvalue weighted by Gasteiger charge is 2.15. The van der Waals surface area contributed by atoms with Gasteiger partial charge < -0.3 is 5.11 Å². The summed E-state index contributed by atoms with van der Waals surface area (Å²) >= 11 is 0. The van der Waals surface area contributed by atoms with Gasteiger partial charge in [0.1, 0.15) is 0 Å². The number of aromatic carboxylic acids is 1. The Kier molecular flexibility index (Phi) is 2.19. The van der Waals surface area contributed by atoms with Gasteiger partial charge in [-0.2, -0.15) is 5.10 Å². The first kappa shape index (κ1) is 9.71. The van der Waals surface area contributed by atoms with Gasteiger partial charge in [-0.05, 0) is 24.1 Å². The van der Waals surface area contributed by atoms with Gasteiger partial charge in [0.25, 0.3) is 0 Å². The number of nitrogens with zero attached hydrogens (tertiary/aromatic N) is 2. The molecule has 0 unspecified atom stereocenters. The van der Waals surface area contributed by atoms with E-state index in [0.717, 1.165) is 5.52 Å². The number of fused-ring (bicyclic) bond motifs is 1. The number of carboxylic acid groups (broad SMARTS) is 1. The van der Waals surface area contributed by atoms with E-state index in [1.807, 2.05) is 32.2 Å². The van der Waals surface area contributed by atoms with Crippen molar-refractivity contribution in [2.45, 2.75) is 19.8 Å². The molecule has 2 heterocycles. The van der Waals surface area contributed by atoms with Crippen LogP contribution in [0.2, 0.25) is 0 Å². The SMILES string of the molecule is CC(C)c1nn2cccc2cc1C(=O)O. The van der Waals surface area contributed by atoms with E-state index in [1.54, 1.807) is 10.6 Å². The van der Waals surface area contributed by atoms with Crippen molar-refractivity contribution in [2.24, 2.45) is 0 Å². The molecule has 0 saturated carbocycles. The van der Waals surface area contributed by atoms with Crippen LogP contribution in [0.15, 0.2) is 24.4 Å². The molecule has 78 valence electrons. The molecule has 1 N–H and O–H groups in total. The molecule has 0 amide bonds. The van der Waals surface area contributed by atoms with Crippen LogP contribution in [0.4, 0.5) is 0 Å². The molecule has 0 spiro atoms. The molecule has 4 heteroatoms. The van der Waals surface area contributed by atoms with Crippen LogP contribution >= 0.6 is 0 Å². The number of aromatic nitrogens is 2. The zero-order valence-corrected chi connectivity index (χ0v) is 8.64. The second-order valence-corrected chi connectivity index (χ2v) is 3.78. The maximum absolute atomic E-state index is 11.0. The topological polar surface area (TPSA) is 54.6 Å². The molecule has 0 aliphatic heterocycles. The van der Waals surface area contributed by atoms with Gasteiger partial charge in [-0.15, -0.1) is 0 Å². The van der Waals surface area contributed by atoms with Crippen LogP contribution in [0.3, 0.4) is 0 Å². The number of carbonyl (C=O) groups is 1. The van der Waals surface area contributed by atoms with E-state index in [1.165, 1.54) is 0 Å². The molecule has 2 aromatic heterocycles. The molecule has 0 saturated heterocycles. The first-order valence-electron chi connectivity index (χ1n) is 4.81. The fourth-order valence-electron chi connectivity index (χ4n) is 1.58. The quantitative estimate of drug-likeness (QED) is 0.815. The molecule has 2 rings (SSSR count). The molecule has 0 aromatic carbocycles. The van der Waals surface area contributed by atoms with Gasteiger partial charge in [-0.3, -0.25) is 0 Å². The minimum Gasteiger partial charge on any atom is -0.478 e. The smallest absolute Gasteiger partial charge is 0.337 e. The Labute approximate surface area is 87.2 Å². The van der Waals surface area contributed by atoms with Gasteiger partial charge in [-0.25, -0.2) is 9.31 Å². The van der Waals surface area contributed by atoms with E-state index < -0.39 is 5.97 Å². The molecule has 0 atom stereocenters. The monoisotopic (exact) mass is 204 g/mol. The van der Waals surface area contributed by atoms with Crippen LogP contribution in [0.25, 0.3) is 5.52 Å². The summed E-state index contributed by atoms with van der Waals surface area (Å²) in [5.41, 5.74) is 1.71. The van der Waals surface area contributed by atoms with Gasteiger partial charge in [0.05, 0.1) is 16.8 Å². The summed E-state index contributed by atoms with van der Waals surface area (Å²) < 4.78 is 1.70. The highest BCUT2D eigenvalue weighted by Crippen LogP contribution is 2.18. The Hall–Kier alpha value is -1.84. The lowest BCUT2D eigenvalue weighted by Crippen LogP contribution is -2.09. The molecule has 15 heavy (non-hydrogen) atoms. The van der Waals surface area contributed by atoms with Crippen molar-refractivity contribution >= 4 is 11.5 Å². The normalized spacial score (nSPS) is 11.1. The first-order chi connectivity index (χ1) is 7.09. The molecular formula is C11H12N2O2. The maximum atomic E-state index is 11.0. The third-order valence-electron chi connectivity index (χ3n) is 2.32. The second kappa shape index (κ2) is 3.38. The fourth-order valence-corrected chi connectivity index (χ4v) is 1.58. The molecule has 0 bridgehead atoms. The summed E-state index contributed by atoms with van der Waals surface area (Å²) in [6.07, 6.45) is 1.81. The molecular weight excluding hydrogens is 192 g/mol. The lowest BCUT2D eigenvalue weighted by Gasteiger charge is -2.09. The van der Waals surface area contributed by atoms with Gasteiger partial charge in [0, 0.05) is 6.20 Å². The zero-order chi connectivity index (χ0) is 11.0. The summed E-state index contributed by atoms with van der Waals surface area (Å²) in [5.74, 6) is -0.821. The van der Waals surface area contributed by atoms with E-state index in [-0.39, 0.29) is 11.5 Å². The standard InChI is InChI=1S/C11H12N2O2/c1-7(2)10-9(11(14)15)6-8-4-3-5-13(8)12-10/h3-7H,1-2H3,(H,14,15). The largest absolute Gasteiger partial charge is 0.478 e. The highest BCUT2D eigenvalue weighted by atomic mass is 16.4. The zero-order valence-electron chi connectivity index (χ0n) is 8.64. The average molecular weight is 204 g/mol. The number of carboxylic acids is 1.